The molecular formula is C19H35NO3Si. The van der Waals surface area contributed by atoms with Crippen LogP contribution in [0.4, 0.5) is 0 Å². The molecule has 1 aromatic rings. The molecule has 1 aromatic carbocycles. The number of nitrogens with one attached hydrogen (secondary N) is 1. The van der Waals surface area contributed by atoms with Crippen LogP contribution in [0.5, 0.6) is 0 Å². The van der Waals surface area contributed by atoms with Crippen LogP contribution in [0.2, 0.25) is 6.04 Å². The van der Waals surface area contributed by atoms with Crippen molar-refractivity contribution in [2.75, 3.05) is 32.9 Å². The van der Waals surface area contributed by atoms with Gasteiger partial charge in [0.05, 0.1) is 0 Å². The van der Waals surface area contributed by atoms with Crippen molar-refractivity contribution in [2.45, 2.75) is 52.5 Å². The van der Waals surface area contributed by atoms with Gasteiger partial charge in [0.1, 0.15) is 0 Å². The first-order valence-electron chi connectivity index (χ1n) is 9.42. The average molecular weight is 354 g/mol. The van der Waals surface area contributed by atoms with Gasteiger partial charge >= 0.3 is 8.80 Å². The molecule has 1 rings (SSSR count). The van der Waals surface area contributed by atoms with E-state index in [4.69, 9.17) is 13.3 Å². The minimum atomic E-state index is -2.46. The molecule has 0 amide bonds. The highest BCUT2D eigenvalue weighted by molar-refractivity contribution is 6.60. The largest absolute Gasteiger partial charge is 0.500 e. The fourth-order valence-corrected chi connectivity index (χ4v) is 5.39. The van der Waals surface area contributed by atoms with E-state index in [9.17, 15) is 0 Å². The lowest BCUT2D eigenvalue weighted by molar-refractivity contribution is 0.0708. The Morgan fingerprint density at radius 2 is 1.38 bits per heavy atom. The van der Waals surface area contributed by atoms with Gasteiger partial charge in [-0.15, -0.1) is 0 Å². The molecule has 4 nitrogen and oxygen atoms in total. The lowest BCUT2D eigenvalue weighted by atomic mass is 10.1. The van der Waals surface area contributed by atoms with Crippen LogP contribution in [0.25, 0.3) is 0 Å². The Morgan fingerprint density at radius 3 is 1.96 bits per heavy atom. The number of hydrogen-bond donors (Lipinski definition) is 1. The first kappa shape index (κ1) is 21.3. The SMILES string of the molecule is CCO[Si](CCCNCCCCc1ccccc1)(OCC)OCC. The molecule has 0 heterocycles. The van der Waals surface area contributed by atoms with Gasteiger partial charge in [-0.1, -0.05) is 30.3 Å². The van der Waals surface area contributed by atoms with E-state index in [2.05, 4.69) is 35.6 Å². The Morgan fingerprint density at radius 1 is 0.792 bits per heavy atom. The van der Waals surface area contributed by atoms with Crippen LogP contribution < -0.4 is 5.32 Å². The summed E-state index contributed by atoms with van der Waals surface area (Å²) in [5.41, 5.74) is 1.43. The third-order valence-electron chi connectivity index (χ3n) is 3.84. The van der Waals surface area contributed by atoms with E-state index in [0.29, 0.717) is 19.8 Å². The third-order valence-corrected chi connectivity index (χ3v) is 6.99. The highest BCUT2D eigenvalue weighted by Crippen LogP contribution is 2.17. The molecule has 0 saturated heterocycles. The Hall–Kier alpha value is -0.723. The molecule has 0 saturated carbocycles. The summed E-state index contributed by atoms with van der Waals surface area (Å²) in [6.07, 6.45) is 4.63. The smallest absolute Gasteiger partial charge is 0.374 e. The van der Waals surface area contributed by atoms with Crippen molar-refractivity contribution in [2.24, 2.45) is 0 Å². The van der Waals surface area contributed by atoms with Crippen LogP contribution in [0.3, 0.4) is 0 Å². The molecule has 0 bridgehead atoms. The summed E-state index contributed by atoms with van der Waals surface area (Å²) >= 11 is 0. The van der Waals surface area contributed by atoms with Crippen LogP contribution in [0.15, 0.2) is 30.3 Å². The zero-order valence-electron chi connectivity index (χ0n) is 15.7. The molecule has 0 aliphatic rings. The van der Waals surface area contributed by atoms with E-state index in [0.717, 1.165) is 32.0 Å². The van der Waals surface area contributed by atoms with E-state index >= 15 is 0 Å². The van der Waals surface area contributed by atoms with Crippen LogP contribution in [-0.4, -0.2) is 41.7 Å². The Bertz CT molecular complexity index is 386. The van der Waals surface area contributed by atoms with Gasteiger partial charge in [-0.25, -0.2) is 0 Å². The van der Waals surface area contributed by atoms with Gasteiger partial charge in [0.15, 0.2) is 0 Å². The van der Waals surface area contributed by atoms with E-state index < -0.39 is 8.80 Å². The Labute approximate surface area is 149 Å². The quantitative estimate of drug-likeness (QED) is 0.382. The maximum absolute atomic E-state index is 5.87. The van der Waals surface area contributed by atoms with Crippen LogP contribution >= 0.6 is 0 Å². The summed E-state index contributed by atoms with van der Waals surface area (Å²) in [7, 11) is -2.46. The normalized spacial score (nSPS) is 11.8. The summed E-state index contributed by atoms with van der Waals surface area (Å²) in [4.78, 5) is 0. The van der Waals surface area contributed by atoms with Crippen molar-refractivity contribution in [1.82, 2.24) is 5.32 Å². The molecule has 24 heavy (non-hydrogen) atoms. The molecular weight excluding hydrogens is 318 g/mol. The number of unbranched alkanes of at least 4 members (excludes halogenated alkanes) is 1. The maximum Gasteiger partial charge on any atom is 0.500 e. The van der Waals surface area contributed by atoms with Crippen molar-refractivity contribution >= 4 is 8.80 Å². The molecule has 0 unspecified atom stereocenters. The molecule has 5 heteroatoms. The fourth-order valence-electron chi connectivity index (χ4n) is 2.78. The van der Waals surface area contributed by atoms with Crippen LogP contribution in [0, 0.1) is 0 Å². The summed E-state index contributed by atoms with van der Waals surface area (Å²) in [5, 5.41) is 3.53. The first-order valence-corrected chi connectivity index (χ1v) is 11.4. The molecule has 0 radical (unpaired) electrons. The monoisotopic (exact) mass is 353 g/mol. The lowest BCUT2D eigenvalue weighted by Gasteiger charge is -2.28. The third kappa shape index (κ3) is 8.94. The van der Waals surface area contributed by atoms with Gasteiger partial charge in [-0.05, 0) is 65.1 Å². The molecule has 0 spiro atoms. The first-order chi connectivity index (χ1) is 11.8. The zero-order chi connectivity index (χ0) is 17.5. The lowest BCUT2D eigenvalue weighted by Crippen LogP contribution is -2.46. The van der Waals surface area contributed by atoms with Gasteiger partial charge in [-0.3, -0.25) is 0 Å². The predicted octanol–water partition coefficient (Wildman–Crippen LogP) is 4.04. The van der Waals surface area contributed by atoms with Gasteiger partial charge < -0.3 is 18.6 Å². The summed E-state index contributed by atoms with van der Waals surface area (Å²) in [6, 6.07) is 11.6. The number of benzene rings is 1. The van der Waals surface area contributed by atoms with Crippen molar-refractivity contribution in [3.8, 4) is 0 Å². The second-order valence-corrected chi connectivity index (χ2v) is 8.51. The number of aryl methyl sites for hydroxylation is 1. The standard InChI is InChI=1S/C19H35NO3Si/c1-4-21-24(22-5-2,23-6-3)18-12-17-20-16-11-10-15-19-13-8-7-9-14-19/h7-9,13-14,20H,4-6,10-12,15-18H2,1-3H3. The van der Waals surface area contributed by atoms with E-state index in [1.807, 2.05) is 20.8 Å². The molecule has 0 fully saturated rings. The Balaban J connectivity index is 2.12. The molecule has 0 aliphatic carbocycles. The molecule has 1 N–H and O–H groups in total. The van der Waals surface area contributed by atoms with Gasteiger partial charge in [0.2, 0.25) is 0 Å². The summed E-state index contributed by atoms with van der Waals surface area (Å²) < 4.78 is 17.6. The minimum absolute atomic E-state index is 0.652. The van der Waals surface area contributed by atoms with Crippen LogP contribution in [-0.2, 0) is 19.7 Å². The second kappa shape index (κ2) is 13.6. The maximum atomic E-state index is 5.87. The number of rotatable bonds is 15. The number of hydrogen-bond acceptors (Lipinski definition) is 4. The van der Waals surface area contributed by atoms with Crippen molar-refractivity contribution in [3.63, 3.8) is 0 Å². The molecule has 138 valence electrons. The summed E-state index contributed by atoms with van der Waals surface area (Å²) in [5.74, 6) is 0. The highest BCUT2D eigenvalue weighted by Gasteiger charge is 2.39. The van der Waals surface area contributed by atoms with Crippen molar-refractivity contribution < 1.29 is 13.3 Å². The topological polar surface area (TPSA) is 39.7 Å². The van der Waals surface area contributed by atoms with E-state index in [1.165, 1.54) is 18.4 Å². The minimum Gasteiger partial charge on any atom is -0.374 e. The van der Waals surface area contributed by atoms with Gasteiger partial charge in [0, 0.05) is 25.9 Å². The van der Waals surface area contributed by atoms with Gasteiger partial charge in [0.25, 0.3) is 0 Å². The van der Waals surface area contributed by atoms with Crippen LogP contribution in [0.1, 0.15) is 45.6 Å². The fraction of sp³-hybridized carbons (Fsp3) is 0.684. The second-order valence-electron chi connectivity index (χ2n) is 5.78. The van der Waals surface area contributed by atoms with E-state index in [1.54, 1.807) is 0 Å². The summed E-state index contributed by atoms with van der Waals surface area (Å²) in [6.45, 7) is 10.0. The Kier molecular flexibility index (Phi) is 12.0. The molecule has 0 atom stereocenters. The zero-order valence-corrected chi connectivity index (χ0v) is 16.7. The van der Waals surface area contributed by atoms with Gasteiger partial charge in [-0.2, -0.15) is 0 Å². The van der Waals surface area contributed by atoms with Crippen molar-refractivity contribution in [1.29, 1.82) is 0 Å². The van der Waals surface area contributed by atoms with E-state index in [-0.39, 0.29) is 0 Å². The average Bonchev–Trinajstić information content (AvgIpc) is 2.59. The van der Waals surface area contributed by atoms with Crippen molar-refractivity contribution in [3.05, 3.63) is 35.9 Å². The predicted molar refractivity (Wildman–Crippen MR) is 102 cm³/mol. The molecule has 0 aromatic heterocycles. The highest BCUT2D eigenvalue weighted by atomic mass is 28.4. The molecule has 0 aliphatic heterocycles.